The molecule has 3 aromatic rings. The number of hydrogen-bond donors (Lipinski definition) is 1. The van der Waals surface area contributed by atoms with E-state index in [2.05, 4.69) is 10.5 Å². The lowest BCUT2D eigenvalue weighted by Crippen LogP contribution is -2.13. The van der Waals surface area contributed by atoms with Gasteiger partial charge in [-0.25, -0.2) is 0 Å². The molecule has 32 heavy (non-hydrogen) atoms. The zero-order valence-corrected chi connectivity index (χ0v) is 18.0. The number of amides is 1. The summed E-state index contributed by atoms with van der Waals surface area (Å²) in [5.41, 5.74) is 1.64. The van der Waals surface area contributed by atoms with Gasteiger partial charge in [0.15, 0.2) is 17.3 Å². The number of nitrogens with zero attached hydrogens (tertiary/aromatic N) is 2. The first-order chi connectivity index (χ1) is 15.5. The van der Waals surface area contributed by atoms with Gasteiger partial charge < -0.3 is 24.1 Å². The number of aromatic nitrogens is 1. The molecule has 1 N–H and O–H groups in total. The Morgan fingerprint density at radius 3 is 2.62 bits per heavy atom. The van der Waals surface area contributed by atoms with E-state index < -0.39 is 5.91 Å². The van der Waals surface area contributed by atoms with Crippen molar-refractivity contribution in [3.05, 3.63) is 71.0 Å². The summed E-state index contributed by atoms with van der Waals surface area (Å²) in [6, 6.07) is 16.4. The van der Waals surface area contributed by atoms with Gasteiger partial charge in [0, 0.05) is 6.07 Å². The van der Waals surface area contributed by atoms with E-state index in [1.807, 2.05) is 37.3 Å². The van der Waals surface area contributed by atoms with Crippen LogP contribution in [0.1, 0.15) is 16.9 Å². The van der Waals surface area contributed by atoms with Crippen LogP contribution in [0.3, 0.4) is 0 Å². The number of hydrogen-bond acceptors (Lipinski definition) is 7. The Morgan fingerprint density at radius 1 is 1.12 bits per heavy atom. The van der Waals surface area contributed by atoms with Crippen LogP contribution in [0.2, 0.25) is 0 Å². The van der Waals surface area contributed by atoms with Crippen molar-refractivity contribution < 1.29 is 23.5 Å². The quantitative estimate of drug-likeness (QED) is 0.304. The minimum atomic E-state index is -0.589. The maximum atomic E-state index is 12.3. The van der Waals surface area contributed by atoms with Crippen molar-refractivity contribution in [3.63, 3.8) is 0 Å². The van der Waals surface area contributed by atoms with Crippen LogP contribution in [0.15, 0.2) is 58.6 Å². The van der Waals surface area contributed by atoms with E-state index in [-0.39, 0.29) is 11.4 Å². The molecule has 0 aliphatic carbocycles. The number of aryl methyl sites for hydroxylation is 2. The van der Waals surface area contributed by atoms with E-state index in [1.54, 1.807) is 31.2 Å². The highest BCUT2D eigenvalue weighted by Gasteiger charge is 2.13. The normalized spacial score (nSPS) is 10.9. The molecule has 0 fully saturated rings. The van der Waals surface area contributed by atoms with Gasteiger partial charge in [-0.05, 0) is 55.3 Å². The number of anilines is 1. The number of methoxy groups -OCH3 is 1. The molecule has 0 unspecified atom stereocenters. The molecule has 8 heteroatoms. The average Bonchev–Trinajstić information content (AvgIpc) is 3.19. The van der Waals surface area contributed by atoms with Crippen molar-refractivity contribution in [2.24, 2.45) is 0 Å². The molecule has 1 aromatic heterocycles. The van der Waals surface area contributed by atoms with Gasteiger partial charge >= 0.3 is 0 Å². The number of carbonyl (C=O) groups excluding carboxylic acids is 1. The van der Waals surface area contributed by atoms with Gasteiger partial charge in [-0.3, -0.25) is 4.79 Å². The smallest absolute Gasteiger partial charge is 0.267 e. The first kappa shape index (κ1) is 22.4. The molecule has 0 saturated carbocycles. The molecule has 0 aliphatic rings. The first-order valence-corrected chi connectivity index (χ1v) is 9.85. The van der Waals surface area contributed by atoms with Crippen molar-refractivity contribution in [1.29, 1.82) is 5.26 Å². The molecule has 2 aromatic carbocycles. The predicted octanol–water partition coefficient (Wildman–Crippen LogP) is 4.30. The summed E-state index contributed by atoms with van der Waals surface area (Å²) >= 11 is 0. The zero-order chi connectivity index (χ0) is 22.9. The third-order valence-corrected chi connectivity index (χ3v) is 4.33. The summed E-state index contributed by atoms with van der Waals surface area (Å²) in [6.45, 7) is 4.40. The van der Waals surface area contributed by atoms with E-state index in [4.69, 9.17) is 18.7 Å². The van der Waals surface area contributed by atoms with Crippen LogP contribution < -0.4 is 19.5 Å². The van der Waals surface area contributed by atoms with Gasteiger partial charge in [0.2, 0.25) is 0 Å². The Kier molecular flexibility index (Phi) is 7.49. The van der Waals surface area contributed by atoms with Gasteiger partial charge in [-0.2, -0.15) is 5.26 Å². The van der Waals surface area contributed by atoms with E-state index in [1.165, 1.54) is 13.2 Å². The van der Waals surface area contributed by atoms with E-state index in [9.17, 15) is 10.1 Å². The van der Waals surface area contributed by atoms with Crippen molar-refractivity contribution >= 4 is 17.8 Å². The fraction of sp³-hybridized carbons (Fsp3) is 0.208. The molecule has 1 heterocycles. The summed E-state index contributed by atoms with van der Waals surface area (Å²) in [4.78, 5) is 12.3. The summed E-state index contributed by atoms with van der Waals surface area (Å²) < 4.78 is 21.7. The molecule has 0 bridgehead atoms. The third-order valence-electron chi connectivity index (χ3n) is 4.33. The monoisotopic (exact) mass is 433 g/mol. The summed E-state index contributed by atoms with van der Waals surface area (Å²) in [6.07, 6.45) is 1.45. The predicted molar refractivity (Wildman–Crippen MR) is 119 cm³/mol. The van der Waals surface area contributed by atoms with Gasteiger partial charge in [-0.15, -0.1) is 0 Å². The second-order valence-corrected chi connectivity index (χ2v) is 6.87. The van der Waals surface area contributed by atoms with Gasteiger partial charge in [0.1, 0.15) is 36.4 Å². The summed E-state index contributed by atoms with van der Waals surface area (Å²) in [5, 5.41) is 15.6. The average molecular weight is 433 g/mol. The minimum absolute atomic E-state index is 0.0899. The lowest BCUT2D eigenvalue weighted by molar-refractivity contribution is -0.112. The minimum Gasteiger partial charge on any atom is -0.493 e. The molecule has 1 amide bonds. The van der Waals surface area contributed by atoms with Crippen LogP contribution in [0.25, 0.3) is 6.08 Å². The molecule has 164 valence electrons. The fourth-order valence-corrected chi connectivity index (χ4v) is 2.83. The van der Waals surface area contributed by atoms with Crippen LogP contribution in [0, 0.1) is 25.2 Å². The van der Waals surface area contributed by atoms with Crippen molar-refractivity contribution in [1.82, 2.24) is 5.16 Å². The summed E-state index contributed by atoms with van der Waals surface area (Å²) in [5.74, 6) is 1.98. The Morgan fingerprint density at radius 2 is 1.94 bits per heavy atom. The van der Waals surface area contributed by atoms with Crippen molar-refractivity contribution in [2.45, 2.75) is 13.8 Å². The maximum absolute atomic E-state index is 12.3. The summed E-state index contributed by atoms with van der Waals surface area (Å²) in [7, 11) is 1.52. The van der Waals surface area contributed by atoms with Crippen LogP contribution in [-0.4, -0.2) is 31.4 Å². The van der Waals surface area contributed by atoms with Gasteiger partial charge in [0.05, 0.1) is 7.11 Å². The number of nitrogens with one attached hydrogen (secondary N) is 1. The lowest BCUT2D eigenvalue weighted by atomic mass is 10.1. The van der Waals surface area contributed by atoms with Crippen LogP contribution in [-0.2, 0) is 4.79 Å². The van der Waals surface area contributed by atoms with Crippen LogP contribution >= 0.6 is 0 Å². The molecule has 0 saturated heterocycles. The van der Waals surface area contributed by atoms with Crippen molar-refractivity contribution in [2.75, 3.05) is 25.6 Å². The molecular weight excluding hydrogens is 410 g/mol. The second-order valence-electron chi connectivity index (χ2n) is 6.87. The topological polar surface area (TPSA) is 107 Å². The van der Waals surface area contributed by atoms with E-state index in [0.717, 1.165) is 11.3 Å². The molecular formula is C24H23N3O5. The van der Waals surface area contributed by atoms with Crippen LogP contribution in [0.5, 0.6) is 17.2 Å². The molecule has 0 spiro atoms. The second kappa shape index (κ2) is 10.7. The largest absolute Gasteiger partial charge is 0.493 e. The fourth-order valence-electron chi connectivity index (χ4n) is 2.83. The van der Waals surface area contributed by atoms with Gasteiger partial charge in [-0.1, -0.05) is 23.4 Å². The standard InChI is InChI=1S/C24H23N3O5/c1-16-5-4-6-20(11-16)30-9-10-31-21-8-7-18(14-22(21)29-3)13-19(15-25)24(28)26-23-12-17(2)32-27-23/h4-8,11-14H,9-10H2,1-3H3,(H,26,27,28). The van der Waals surface area contributed by atoms with E-state index in [0.29, 0.717) is 36.0 Å². The number of rotatable bonds is 9. The highest BCUT2D eigenvalue weighted by atomic mass is 16.5. The van der Waals surface area contributed by atoms with Crippen LogP contribution in [0.4, 0.5) is 5.82 Å². The molecule has 0 aliphatic heterocycles. The van der Waals surface area contributed by atoms with Gasteiger partial charge in [0.25, 0.3) is 5.91 Å². The van der Waals surface area contributed by atoms with Crippen molar-refractivity contribution in [3.8, 4) is 23.3 Å². The Balaban J connectivity index is 1.62. The molecule has 0 atom stereocenters. The SMILES string of the molecule is COc1cc(C=C(C#N)C(=O)Nc2cc(C)on2)ccc1OCCOc1cccc(C)c1. The number of ether oxygens (including phenoxy) is 3. The number of carbonyl (C=O) groups is 1. The Hall–Kier alpha value is -4.25. The Labute approximate surface area is 186 Å². The van der Waals surface area contributed by atoms with E-state index >= 15 is 0 Å². The maximum Gasteiger partial charge on any atom is 0.267 e. The first-order valence-electron chi connectivity index (χ1n) is 9.85. The highest BCUT2D eigenvalue weighted by molar-refractivity contribution is 6.09. The molecule has 3 rings (SSSR count). The lowest BCUT2D eigenvalue weighted by Gasteiger charge is -2.12. The molecule has 0 radical (unpaired) electrons. The number of benzene rings is 2. The Bertz CT molecular complexity index is 1160. The number of nitriles is 1. The third kappa shape index (κ3) is 6.12. The zero-order valence-electron chi connectivity index (χ0n) is 18.0. The highest BCUT2D eigenvalue weighted by Crippen LogP contribution is 2.29. The molecule has 8 nitrogen and oxygen atoms in total.